The molecule has 0 amide bonds. The summed E-state index contributed by atoms with van der Waals surface area (Å²) < 4.78 is 5.78. The van der Waals surface area contributed by atoms with Crippen molar-refractivity contribution in [1.29, 1.82) is 0 Å². The van der Waals surface area contributed by atoms with Crippen LogP contribution in [0.4, 0.5) is 5.69 Å². The number of hydrogen-bond acceptors (Lipinski definition) is 3. The van der Waals surface area contributed by atoms with Gasteiger partial charge in [0.1, 0.15) is 11.5 Å². The smallest absolute Gasteiger partial charge is 0.147 e. The Morgan fingerprint density at radius 1 is 1.17 bits per heavy atom. The van der Waals surface area contributed by atoms with Crippen LogP contribution in [0.3, 0.4) is 0 Å². The highest BCUT2D eigenvalue weighted by Crippen LogP contribution is 2.23. The van der Waals surface area contributed by atoms with Crippen molar-refractivity contribution >= 4 is 5.69 Å². The molecule has 1 aromatic carbocycles. The number of nitrogens with zero attached hydrogens (tertiary/aromatic N) is 1. The number of nitrogens with one attached hydrogen (secondary N) is 1. The number of aromatic nitrogens is 1. The van der Waals surface area contributed by atoms with E-state index in [9.17, 15) is 0 Å². The number of ether oxygens (including phenoxy) is 1. The lowest BCUT2D eigenvalue weighted by atomic mass is 10.2. The molecule has 18 heavy (non-hydrogen) atoms. The number of anilines is 1. The Hall–Kier alpha value is -2.03. The normalized spacial score (nSPS) is 10.1. The Balaban J connectivity index is 2.09. The van der Waals surface area contributed by atoms with Crippen LogP contribution in [0.15, 0.2) is 42.7 Å². The quantitative estimate of drug-likeness (QED) is 0.860. The molecule has 1 aromatic heterocycles. The van der Waals surface area contributed by atoms with Crippen molar-refractivity contribution in [2.24, 2.45) is 0 Å². The lowest BCUT2D eigenvalue weighted by molar-refractivity contribution is 0.480. The van der Waals surface area contributed by atoms with Crippen molar-refractivity contribution in [1.82, 2.24) is 4.98 Å². The summed E-state index contributed by atoms with van der Waals surface area (Å²) in [6.07, 6.45) is 4.61. The van der Waals surface area contributed by atoms with E-state index in [1.807, 2.05) is 37.3 Å². The zero-order chi connectivity index (χ0) is 12.8. The third-order valence-electron chi connectivity index (χ3n) is 2.52. The van der Waals surface area contributed by atoms with Crippen molar-refractivity contribution in [2.45, 2.75) is 20.3 Å². The lowest BCUT2D eigenvalue weighted by Gasteiger charge is -2.08. The number of aryl methyl sites for hydroxylation is 1. The zero-order valence-corrected chi connectivity index (χ0v) is 10.8. The third-order valence-corrected chi connectivity index (χ3v) is 2.52. The van der Waals surface area contributed by atoms with Gasteiger partial charge in [-0.25, -0.2) is 0 Å². The molecule has 94 valence electrons. The first-order chi connectivity index (χ1) is 8.78. The maximum atomic E-state index is 5.78. The fourth-order valence-electron chi connectivity index (χ4n) is 1.66. The standard InChI is InChI=1S/C15H18N2O/c1-3-7-17-13-9-15(11-16-10-13)18-14-6-4-5-12(2)8-14/h4-6,8-11,17H,3,7H2,1-2H3. The minimum absolute atomic E-state index is 0.752. The van der Waals surface area contributed by atoms with E-state index in [-0.39, 0.29) is 0 Å². The van der Waals surface area contributed by atoms with Gasteiger partial charge in [0.05, 0.1) is 18.1 Å². The Labute approximate surface area is 108 Å². The van der Waals surface area contributed by atoms with Crippen LogP contribution in [-0.4, -0.2) is 11.5 Å². The van der Waals surface area contributed by atoms with Crippen molar-refractivity contribution < 1.29 is 4.74 Å². The van der Waals surface area contributed by atoms with Crippen LogP contribution < -0.4 is 10.1 Å². The monoisotopic (exact) mass is 242 g/mol. The summed E-state index contributed by atoms with van der Waals surface area (Å²) in [6.45, 7) is 5.12. The van der Waals surface area contributed by atoms with Gasteiger partial charge in [0.15, 0.2) is 0 Å². The van der Waals surface area contributed by atoms with Crippen LogP contribution >= 0.6 is 0 Å². The van der Waals surface area contributed by atoms with Crippen molar-refractivity contribution in [3.05, 3.63) is 48.3 Å². The van der Waals surface area contributed by atoms with Gasteiger partial charge < -0.3 is 10.1 Å². The van der Waals surface area contributed by atoms with E-state index in [4.69, 9.17) is 4.74 Å². The molecule has 0 aliphatic carbocycles. The van der Waals surface area contributed by atoms with Crippen molar-refractivity contribution in [2.75, 3.05) is 11.9 Å². The van der Waals surface area contributed by atoms with Crippen LogP contribution in [0.5, 0.6) is 11.5 Å². The summed E-state index contributed by atoms with van der Waals surface area (Å²) in [5, 5.41) is 3.29. The fraction of sp³-hybridized carbons (Fsp3) is 0.267. The fourth-order valence-corrected chi connectivity index (χ4v) is 1.66. The van der Waals surface area contributed by atoms with Crippen LogP contribution in [0.2, 0.25) is 0 Å². The molecule has 1 heterocycles. The first kappa shape index (κ1) is 12.4. The molecule has 0 radical (unpaired) electrons. The molecule has 3 nitrogen and oxygen atoms in total. The minimum Gasteiger partial charge on any atom is -0.456 e. The van der Waals surface area contributed by atoms with Gasteiger partial charge in [0, 0.05) is 12.6 Å². The second kappa shape index (κ2) is 6.05. The molecule has 0 spiro atoms. The van der Waals surface area contributed by atoms with Crippen LogP contribution in [0, 0.1) is 6.92 Å². The first-order valence-corrected chi connectivity index (χ1v) is 6.21. The van der Waals surface area contributed by atoms with Crippen molar-refractivity contribution in [3.8, 4) is 11.5 Å². The average molecular weight is 242 g/mol. The Kier molecular flexibility index (Phi) is 4.18. The number of benzene rings is 1. The Morgan fingerprint density at radius 3 is 2.83 bits per heavy atom. The predicted molar refractivity (Wildman–Crippen MR) is 74.3 cm³/mol. The van der Waals surface area contributed by atoms with E-state index in [1.165, 1.54) is 5.56 Å². The maximum absolute atomic E-state index is 5.78. The van der Waals surface area contributed by atoms with E-state index in [0.29, 0.717) is 0 Å². The topological polar surface area (TPSA) is 34.2 Å². The average Bonchev–Trinajstić information content (AvgIpc) is 2.37. The number of pyridine rings is 1. The molecule has 2 aromatic rings. The van der Waals surface area contributed by atoms with E-state index in [2.05, 4.69) is 17.2 Å². The SMILES string of the molecule is CCCNc1cncc(Oc2cccc(C)c2)c1. The summed E-state index contributed by atoms with van der Waals surface area (Å²) in [7, 11) is 0. The van der Waals surface area contributed by atoms with Gasteiger partial charge in [-0.15, -0.1) is 0 Å². The summed E-state index contributed by atoms with van der Waals surface area (Å²) in [5.74, 6) is 1.59. The Bertz CT molecular complexity index is 511. The minimum atomic E-state index is 0.752. The molecule has 3 heteroatoms. The van der Waals surface area contributed by atoms with E-state index < -0.39 is 0 Å². The van der Waals surface area contributed by atoms with Gasteiger partial charge in [-0.05, 0) is 31.0 Å². The molecular formula is C15H18N2O. The van der Waals surface area contributed by atoms with Gasteiger partial charge in [0.25, 0.3) is 0 Å². The highest BCUT2D eigenvalue weighted by Gasteiger charge is 1.99. The zero-order valence-electron chi connectivity index (χ0n) is 10.8. The van der Waals surface area contributed by atoms with Gasteiger partial charge in [-0.2, -0.15) is 0 Å². The van der Waals surface area contributed by atoms with Crippen LogP contribution in [-0.2, 0) is 0 Å². The molecule has 0 saturated carbocycles. The summed E-state index contributed by atoms with van der Waals surface area (Å²) in [6, 6.07) is 9.94. The lowest BCUT2D eigenvalue weighted by Crippen LogP contribution is -2.00. The molecule has 2 rings (SSSR count). The molecule has 0 atom stereocenters. The number of hydrogen-bond donors (Lipinski definition) is 1. The molecule has 0 aliphatic heterocycles. The Morgan fingerprint density at radius 2 is 2.06 bits per heavy atom. The molecular weight excluding hydrogens is 224 g/mol. The van der Waals surface area contributed by atoms with E-state index >= 15 is 0 Å². The maximum Gasteiger partial charge on any atom is 0.147 e. The summed E-state index contributed by atoms with van der Waals surface area (Å²) >= 11 is 0. The van der Waals surface area contributed by atoms with Crippen LogP contribution in [0.1, 0.15) is 18.9 Å². The first-order valence-electron chi connectivity index (χ1n) is 6.21. The summed E-state index contributed by atoms with van der Waals surface area (Å²) in [4.78, 5) is 4.17. The van der Waals surface area contributed by atoms with Crippen molar-refractivity contribution in [3.63, 3.8) is 0 Å². The largest absolute Gasteiger partial charge is 0.456 e. The molecule has 0 saturated heterocycles. The molecule has 0 fully saturated rings. The van der Waals surface area contributed by atoms with Crippen LogP contribution in [0.25, 0.3) is 0 Å². The van der Waals surface area contributed by atoms with Gasteiger partial charge in [-0.3, -0.25) is 4.98 Å². The highest BCUT2D eigenvalue weighted by atomic mass is 16.5. The molecule has 0 bridgehead atoms. The molecule has 0 aliphatic rings. The second-order valence-electron chi connectivity index (χ2n) is 4.25. The highest BCUT2D eigenvalue weighted by molar-refractivity contribution is 5.46. The predicted octanol–water partition coefficient (Wildman–Crippen LogP) is 4.00. The van der Waals surface area contributed by atoms with E-state index in [0.717, 1.165) is 30.2 Å². The molecule has 0 unspecified atom stereocenters. The molecule has 1 N–H and O–H groups in total. The third kappa shape index (κ3) is 3.48. The van der Waals surface area contributed by atoms with Gasteiger partial charge in [0.2, 0.25) is 0 Å². The second-order valence-corrected chi connectivity index (χ2v) is 4.25. The van der Waals surface area contributed by atoms with Gasteiger partial charge in [-0.1, -0.05) is 19.1 Å². The van der Waals surface area contributed by atoms with Gasteiger partial charge >= 0.3 is 0 Å². The van der Waals surface area contributed by atoms with E-state index in [1.54, 1.807) is 12.4 Å². The summed E-state index contributed by atoms with van der Waals surface area (Å²) in [5.41, 5.74) is 2.17. The number of rotatable bonds is 5.